The van der Waals surface area contributed by atoms with Crippen molar-refractivity contribution in [2.24, 2.45) is 5.92 Å². The molecule has 3 fully saturated rings. The Balaban J connectivity index is 1.86. The molecule has 3 aliphatic heterocycles. The molecular formula is C17H23N3O4S. The minimum Gasteiger partial charge on any atom is -0.347 e. The van der Waals surface area contributed by atoms with Gasteiger partial charge in [0.05, 0.1) is 10.8 Å². The van der Waals surface area contributed by atoms with E-state index in [1.54, 1.807) is 49.3 Å². The highest BCUT2D eigenvalue weighted by atomic mass is 32.2. The molecule has 0 radical (unpaired) electrons. The molecule has 0 aliphatic carbocycles. The lowest BCUT2D eigenvalue weighted by molar-refractivity contribution is -0.145. The number of amides is 2. The van der Waals surface area contributed by atoms with Crippen molar-refractivity contribution < 1.29 is 18.0 Å². The maximum Gasteiger partial charge on any atom is 0.243 e. The fourth-order valence-corrected chi connectivity index (χ4v) is 4.98. The molecule has 4 rings (SSSR count). The Morgan fingerprint density at radius 1 is 1.16 bits per heavy atom. The van der Waals surface area contributed by atoms with E-state index in [4.69, 9.17) is 0 Å². The van der Waals surface area contributed by atoms with Gasteiger partial charge in [-0.1, -0.05) is 18.2 Å². The number of sulfonamides is 1. The van der Waals surface area contributed by atoms with Crippen molar-refractivity contribution in [1.29, 1.82) is 0 Å². The zero-order valence-electron chi connectivity index (χ0n) is 14.5. The summed E-state index contributed by atoms with van der Waals surface area (Å²) in [4.78, 5) is 28.0. The molecule has 0 aromatic heterocycles. The quantitative estimate of drug-likeness (QED) is 0.773. The average Bonchev–Trinajstić information content (AvgIpc) is 2.89. The normalized spacial score (nSPS) is 24.2. The molecule has 136 valence electrons. The molecule has 2 amide bonds. The molecule has 2 atom stereocenters. The van der Waals surface area contributed by atoms with Crippen LogP contribution < -0.4 is 0 Å². The van der Waals surface area contributed by atoms with Crippen LogP contribution in [0.25, 0.3) is 0 Å². The Bertz CT molecular complexity index is 763. The maximum absolute atomic E-state index is 12.9. The van der Waals surface area contributed by atoms with Gasteiger partial charge < -0.3 is 9.80 Å². The van der Waals surface area contributed by atoms with Crippen LogP contribution in [0.15, 0.2) is 35.2 Å². The fourth-order valence-electron chi connectivity index (χ4n) is 3.43. The minimum absolute atomic E-state index is 0.00618. The van der Waals surface area contributed by atoms with Crippen LogP contribution in [-0.4, -0.2) is 74.1 Å². The van der Waals surface area contributed by atoms with Gasteiger partial charge in [-0.05, 0) is 25.0 Å². The van der Waals surface area contributed by atoms with Crippen LogP contribution in [0.2, 0.25) is 0 Å². The van der Waals surface area contributed by atoms with E-state index in [0.717, 1.165) is 6.42 Å². The van der Waals surface area contributed by atoms with E-state index < -0.39 is 10.0 Å². The van der Waals surface area contributed by atoms with Gasteiger partial charge in [0.2, 0.25) is 21.8 Å². The molecule has 7 nitrogen and oxygen atoms in total. The summed E-state index contributed by atoms with van der Waals surface area (Å²) in [5.41, 5.74) is 0. The van der Waals surface area contributed by atoms with Crippen LogP contribution >= 0.6 is 0 Å². The first kappa shape index (κ1) is 17.9. The lowest BCUT2D eigenvalue weighted by Gasteiger charge is -2.36. The molecule has 0 spiro atoms. The first-order chi connectivity index (χ1) is 11.8. The fraction of sp³-hybridized carbons (Fsp3) is 0.529. The van der Waals surface area contributed by atoms with Gasteiger partial charge in [0.15, 0.2) is 0 Å². The van der Waals surface area contributed by atoms with Gasteiger partial charge in [0, 0.05) is 33.2 Å². The van der Waals surface area contributed by atoms with E-state index in [9.17, 15) is 18.0 Å². The Morgan fingerprint density at radius 3 is 2.48 bits per heavy atom. The van der Waals surface area contributed by atoms with Gasteiger partial charge in [0.25, 0.3) is 0 Å². The number of hydrogen-bond donors (Lipinski definition) is 0. The molecular weight excluding hydrogens is 342 g/mol. The van der Waals surface area contributed by atoms with Gasteiger partial charge in [-0.3, -0.25) is 9.59 Å². The van der Waals surface area contributed by atoms with Crippen LogP contribution in [-0.2, 0) is 19.6 Å². The molecule has 8 heteroatoms. The zero-order chi connectivity index (χ0) is 18.2. The SMILES string of the molecule is CN(C)C(=O)CN1C(=O)[C@@H]2CC[C@H]1CN(S(=O)(=O)c1ccccc1)C2. The molecule has 3 aliphatic rings. The number of carbonyl (C=O) groups is 2. The van der Waals surface area contributed by atoms with E-state index in [1.165, 1.54) is 9.21 Å². The lowest BCUT2D eigenvalue weighted by atomic mass is 9.94. The van der Waals surface area contributed by atoms with Crippen molar-refractivity contribution in [2.75, 3.05) is 33.7 Å². The summed E-state index contributed by atoms with van der Waals surface area (Å²) < 4.78 is 27.3. The van der Waals surface area contributed by atoms with Crippen molar-refractivity contribution in [3.05, 3.63) is 30.3 Å². The predicted molar refractivity (Wildman–Crippen MR) is 92.1 cm³/mol. The van der Waals surface area contributed by atoms with Gasteiger partial charge >= 0.3 is 0 Å². The highest BCUT2D eigenvalue weighted by Gasteiger charge is 2.44. The standard InChI is InChI=1S/C17H23N3O4S/c1-18(2)16(21)12-20-14-9-8-13(17(20)22)10-19(11-14)25(23,24)15-6-4-3-5-7-15/h3-7,13-14H,8-12H2,1-2H3/t13-,14+/m1/s1. The van der Waals surface area contributed by atoms with Gasteiger partial charge in [-0.2, -0.15) is 4.31 Å². The topological polar surface area (TPSA) is 78.0 Å². The van der Waals surface area contributed by atoms with Crippen molar-refractivity contribution in [1.82, 2.24) is 14.1 Å². The second kappa shape index (κ2) is 6.76. The molecule has 25 heavy (non-hydrogen) atoms. The number of hydrogen-bond acceptors (Lipinski definition) is 4. The first-order valence-corrected chi connectivity index (χ1v) is 9.80. The molecule has 0 saturated carbocycles. The number of fused-ring (bicyclic) bond motifs is 4. The number of rotatable bonds is 4. The number of piperidine rings is 1. The van der Waals surface area contributed by atoms with Crippen LogP contribution in [0, 0.1) is 5.92 Å². The Hall–Kier alpha value is -1.93. The predicted octanol–water partition coefficient (Wildman–Crippen LogP) is 0.386. The summed E-state index contributed by atoms with van der Waals surface area (Å²) in [6.45, 7) is 0.422. The highest BCUT2D eigenvalue weighted by molar-refractivity contribution is 7.89. The van der Waals surface area contributed by atoms with E-state index in [-0.39, 0.29) is 48.3 Å². The Kier molecular flexibility index (Phi) is 4.83. The van der Waals surface area contributed by atoms with Gasteiger partial charge in [0.1, 0.15) is 6.54 Å². The molecule has 0 unspecified atom stereocenters. The molecule has 1 aromatic rings. The summed E-state index contributed by atoms with van der Waals surface area (Å²) in [5, 5.41) is 0. The highest BCUT2D eigenvalue weighted by Crippen LogP contribution is 2.31. The largest absolute Gasteiger partial charge is 0.347 e. The Morgan fingerprint density at radius 2 is 1.84 bits per heavy atom. The molecule has 3 saturated heterocycles. The van der Waals surface area contributed by atoms with Crippen LogP contribution in [0.4, 0.5) is 0 Å². The van der Waals surface area contributed by atoms with Crippen molar-refractivity contribution in [3.8, 4) is 0 Å². The van der Waals surface area contributed by atoms with E-state index >= 15 is 0 Å². The van der Waals surface area contributed by atoms with Crippen LogP contribution in [0.5, 0.6) is 0 Å². The average molecular weight is 365 g/mol. The summed E-state index contributed by atoms with van der Waals surface area (Å²) in [7, 11) is -0.348. The van der Waals surface area contributed by atoms with E-state index in [2.05, 4.69) is 0 Å². The van der Waals surface area contributed by atoms with Crippen molar-refractivity contribution in [2.45, 2.75) is 23.8 Å². The lowest BCUT2D eigenvalue weighted by Crippen LogP contribution is -2.51. The Labute approximate surface area is 148 Å². The van der Waals surface area contributed by atoms with Crippen LogP contribution in [0.3, 0.4) is 0 Å². The van der Waals surface area contributed by atoms with Crippen molar-refractivity contribution >= 4 is 21.8 Å². The smallest absolute Gasteiger partial charge is 0.243 e. The third kappa shape index (κ3) is 3.41. The van der Waals surface area contributed by atoms with Crippen molar-refractivity contribution in [3.63, 3.8) is 0 Å². The van der Waals surface area contributed by atoms with Gasteiger partial charge in [-0.15, -0.1) is 0 Å². The summed E-state index contributed by atoms with van der Waals surface area (Å²) in [5.74, 6) is -0.650. The zero-order valence-corrected chi connectivity index (χ0v) is 15.3. The second-order valence-corrected chi connectivity index (χ2v) is 8.76. The monoisotopic (exact) mass is 365 g/mol. The minimum atomic E-state index is -3.64. The third-order valence-corrected chi connectivity index (χ3v) is 6.79. The molecule has 0 N–H and O–H groups in total. The van der Waals surface area contributed by atoms with E-state index in [1.807, 2.05) is 0 Å². The maximum atomic E-state index is 12.9. The third-order valence-electron chi connectivity index (χ3n) is 4.95. The summed E-state index contributed by atoms with van der Waals surface area (Å²) in [6.07, 6.45) is 1.38. The molecule has 1 aromatic carbocycles. The first-order valence-electron chi connectivity index (χ1n) is 8.36. The number of benzene rings is 1. The van der Waals surface area contributed by atoms with Crippen LogP contribution in [0.1, 0.15) is 12.8 Å². The summed E-state index contributed by atoms with van der Waals surface area (Å²) >= 11 is 0. The van der Waals surface area contributed by atoms with Gasteiger partial charge in [-0.25, -0.2) is 8.42 Å². The number of carbonyl (C=O) groups excluding carboxylic acids is 2. The number of likely N-dealkylation sites (N-methyl/N-ethyl adjacent to an activating group) is 1. The number of nitrogens with zero attached hydrogens (tertiary/aromatic N) is 3. The second-order valence-electron chi connectivity index (χ2n) is 6.82. The summed E-state index contributed by atoms with van der Waals surface area (Å²) in [6, 6.07) is 8.02. The molecule has 3 heterocycles. The van der Waals surface area contributed by atoms with E-state index in [0.29, 0.717) is 6.42 Å². The molecule has 2 bridgehead atoms.